The van der Waals surface area contributed by atoms with E-state index in [9.17, 15) is 14.0 Å². The van der Waals surface area contributed by atoms with E-state index in [1.807, 2.05) is 0 Å². The quantitative estimate of drug-likeness (QED) is 0.753. The van der Waals surface area contributed by atoms with Crippen molar-refractivity contribution in [2.45, 2.75) is 18.9 Å². The molecule has 3 rings (SSSR count). The summed E-state index contributed by atoms with van der Waals surface area (Å²) < 4.78 is 18.5. The van der Waals surface area contributed by atoms with E-state index in [4.69, 9.17) is 10.5 Å². The van der Waals surface area contributed by atoms with Gasteiger partial charge in [-0.1, -0.05) is 12.1 Å². The number of rotatable bonds is 5. The van der Waals surface area contributed by atoms with Crippen LogP contribution in [0.25, 0.3) is 0 Å². The van der Waals surface area contributed by atoms with Crippen molar-refractivity contribution < 1.29 is 18.7 Å². The van der Waals surface area contributed by atoms with Crippen LogP contribution in [0.1, 0.15) is 23.2 Å². The van der Waals surface area contributed by atoms with Gasteiger partial charge >= 0.3 is 0 Å². The number of benzene rings is 2. The molecule has 2 amide bonds. The second-order valence-corrected chi connectivity index (χ2v) is 6.51. The van der Waals surface area contributed by atoms with Crippen LogP contribution < -0.4 is 16.4 Å². The lowest BCUT2D eigenvalue weighted by atomic mass is 9.92. The van der Waals surface area contributed by atoms with Crippen molar-refractivity contribution in [3.8, 4) is 0 Å². The molecule has 2 aromatic rings. The van der Waals surface area contributed by atoms with Crippen molar-refractivity contribution >= 4 is 23.2 Å². The monoisotopic (exact) mass is 371 g/mol. The predicted octanol–water partition coefficient (Wildman–Crippen LogP) is 2.77. The van der Waals surface area contributed by atoms with Crippen molar-refractivity contribution in [3.05, 3.63) is 59.9 Å². The van der Waals surface area contributed by atoms with E-state index in [-0.39, 0.29) is 11.8 Å². The highest BCUT2D eigenvalue weighted by Gasteiger charge is 2.26. The van der Waals surface area contributed by atoms with E-state index in [0.717, 1.165) is 12.8 Å². The van der Waals surface area contributed by atoms with Crippen LogP contribution in [0, 0.1) is 11.7 Å². The van der Waals surface area contributed by atoms with E-state index >= 15 is 0 Å². The molecule has 2 aromatic carbocycles. The van der Waals surface area contributed by atoms with Crippen LogP contribution in [-0.2, 0) is 9.53 Å². The molecule has 1 aliphatic heterocycles. The fraction of sp³-hybridized carbons (Fsp3) is 0.300. The predicted molar refractivity (Wildman–Crippen MR) is 101 cm³/mol. The molecule has 6 nitrogen and oxygen atoms in total. The zero-order chi connectivity index (χ0) is 19.2. The lowest BCUT2D eigenvalue weighted by Gasteiger charge is -2.26. The highest BCUT2D eigenvalue weighted by atomic mass is 19.1. The Bertz CT molecular complexity index is 822. The van der Waals surface area contributed by atoms with Crippen molar-refractivity contribution in [2.24, 2.45) is 11.7 Å². The molecule has 0 aromatic heterocycles. The molecule has 0 bridgehead atoms. The molecule has 1 unspecified atom stereocenters. The number of nitrogens with two attached hydrogens (primary N) is 1. The SMILES string of the molecule is NC(C(=O)Nc1cccc(C(=O)Nc2cccc(F)c2)c1)C1CCOCC1. The Morgan fingerprint density at radius 2 is 1.70 bits per heavy atom. The maximum absolute atomic E-state index is 13.2. The van der Waals surface area contributed by atoms with Crippen molar-refractivity contribution in [1.82, 2.24) is 0 Å². The zero-order valence-corrected chi connectivity index (χ0v) is 14.8. The first-order chi connectivity index (χ1) is 13.0. The van der Waals surface area contributed by atoms with Gasteiger partial charge in [-0.25, -0.2) is 4.39 Å². The first-order valence-electron chi connectivity index (χ1n) is 8.84. The fourth-order valence-corrected chi connectivity index (χ4v) is 3.02. The van der Waals surface area contributed by atoms with Crippen LogP contribution in [0.5, 0.6) is 0 Å². The molecule has 0 saturated carbocycles. The van der Waals surface area contributed by atoms with Gasteiger partial charge in [0.05, 0.1) is 6.04 Å². The molecular weight excluding hydrogens is 349 g/mol. The standard InChI is InChI=1S/C20H22FN3O3/c21-15-4-2-6-17(12-15)23-19(25)14-3-1-5-16(11-14)24-20(26)18(22)13-7-9-27-10-8-13/h1-6,11-13,18H,7-10,22H2,(H,23,25)(H,24,26). The molecule has 0 radical (unpaired) electrons. The van der Waals surface area contributed by atoms with Gasteiger partial charge in [-0.3, -0.25) is 9.59 Å². The van der Waals surface area contributed by atoms with Crippen LogP contribution in [0.15, 0.2) is 48.5 Å². The number of amides is 2. The highest BCUT2D eigenvalue weighted by molar-refractivity contribution is 6.05. The third-order valence-electron chi connectivity index (χ3n) is 4.55. The average molecular weight is 371 g/mol. The van der Waals surface area contributed by atoms with Crippen molar-refractivity contribution in [2.75, 3.05) is 23.8 Å². The molecule has 27 heavy (non-hydrogen) atoms. The molecular formula is C20H22FN3O3. The zero-order valence-electron chi connectivity index (χ0n) is 14.8. The summed E-state index contributed by atoms with van der Waals surface area (Å²) in [5, 5.41) is 5.39. The Morgan fingerprint density at radius 3 is 2.41 bits per heavy atom. The molecule has 4 N–H and O–H groups in total. The number of nitrogens with one attached hydrogen (secondary N) is 2. The van der Waals surface area contributed by atoms with Crippen LogP contribution in [0.4, 0.5) is 15.8 Å². The van der Waals surface area contributed by atoms with Crippen LogP contribution in [0.2, 0.25) is 0 Å². The molecule has 1 aliphatic rings. The third kappa shape index (κ3) is 5.12. The van der Waals surface area contributed by atoms with E-state index in [1.54, 1.807) is 30.3 Å². The fourth-order valence-electron chi connectivity index (χ4n) is 3.02. The molecule has 1 fully saturated rings. The van der Waals surface area contributed by atoms with Gasteiger partial charge in [-0.15, -0.1) is 0 Å². The number of halogens is 1. The minimum absolute atomic E-state index is 0.0817. The lowest BCUT2D eigenvalue weighted by Crippen LogP contribution is -2.44. The number of carbonyl (C=O) groups excluding carboxylic acids is 2. The van der Waals surface area contributed by atoms with Gasteiger partial charge in [0, 0.05) is 30.2 Å². The third-order valence-corrected chi connectivity index (χ3v) is 4.55. The van der Waals surface area contributed by atoms with E-state index in [0.29, 0.717) is 30.2 Å². The molecule has 7 heteroatoms. The van der Waals surface area contributed by atoms with Gasteiger partial charge in [0.25, 0.3) is 5.91 Å². The summed E-state index contributed by atoms with van der Waals surface area (Å²) in [6.45, 7) is 1.22. The summed E-state index contributed by atoms with van der Waals surface area (Å²) in [7, 11) is 0. The summed E-state index contributed by atoms with van der Waals surface area (Å²) in [5.41, 5.74) is 7.25. The molecule has 1 heterocycles. The number of carbonyl (C=O) groups is 2. The summed E-state index contributed by atoms with van der Waals surface area (Å²) in [6.07, 6.45) is 1.51. The molecule has 0 aliphatic carbocycles. The second-order valence-electron chi connectivity index (χ2n) is 6.51. The number of hydrogen-bond donors (Lipinski definition) is 3. The molecule has 1 saturated heterocycles. The van der Waals surface area contributed by atoms with Gasteiger partial charge in [0.2, 0.25) is 5.91 Å². The maximum atomic E-state index is 13.2. The molecule has 142 valence electrons. The lowest BCUT2D eigenvalue weighted by molar-refractivity contribution is -0.119. The summed E-state index contributed by atoms with van der Waals surface area (Å²) >= 11 is 0. The Hall–Kier alpha value is -2.77. The summed E-state index contributed by atoms with van der Waals surface area (Å²) in [5.74, 6) is -1.04. The van der Waals surface area contributed by atoms with Gasteiger partial charge in [-0.05, 0) is 55.2 Å². The molecule has 0 spiro atoms. The van der Waals surface area contributed by atoms with Gasteiger partial charge < -0.3 is 21.1 Å². The number of hydrogen-bond acceptors (Lipinski definition) is 4. The van der Waals surface area contributed by atoms with Crippen molar-refractivity contribution in [3.63, 3.8) is 0 Å². The normalized spacial score (nSPS) is 15.8. The van der Waals surface area contributed by atoms with E-state index < -0.39 is 17.8 Å². The summed E-state index contributed by atoms with van der Waals surface area (Å²) in [6, 6.07) is 11.5. The highest BCUT2D eigenvalue weighted by Crippen LogP contribution is 2.20. The Kier molecular flexibility index (Phi) is 6.16. The van der Waals surface area contributed by atoms with Crippen LogP contribution in [0.3, 0.4) is 0 Å². The number of anilines is 2. The van der Waals surface area contributed by atoms with Crippen LogP contribution >= 0.6 is 0 Å². The number of ether oxygens (including phenoxy) is 1. The first kappa shape index (κ1) is 19.0. The van der Waals surface area contributed by atoms with Gasteiger partial charge in [-0.2, -0.15) is 0 Å². The summed E-state index contributed by atoms with van der Waals surface area (Å²) in [4.78, 5) is 24.8. The van der Waals surface area contributed by atoms with Crippen molar-refractivity contribution in [1.29, 1.82) is 0 Å². The second kappa shape index (κ2) is 8.75. The van der Waals surface area contributed by atoms with Crippen LogP contribution in [-0.4, -0.2) is 31.1 Å². The van der Waals surface area contributed by atoms with E-state index in [1.165, 1.54) is 18.2 Å². The smallest absolute Gasteiger partial charge is 0.255 e. The molecule has 1 atom stereocenters. The Labute approximate surface area is 156 Å². The van der Waals surface area contributed by atoms with Gasteiger partial charge in [0.1, 0.15) is 5.82 Å². The Morgan fingerprint density at radius 1 is 1.04 bits per heavy atom. The minimum atomic E-state index is -0.626. The van der Waals surface area contributed by atoms with Gasteiger partial charge in [0.15, 0.2) is 0 Å². The topological polar surface area (TPSA) is 93.5 Å². The minimum Gasteiger partial charge on any atom is -0.381 e. The average Bonchev–Trinajstić information content (AvgIpc) is 2.68. The largest absolute Gasteiger partial charge is 0.381 e. The van der Waals surface area contributed by atoms with E-state index in [2.05, 4.69) is 10.6 Å². The Balaban J connectivity index is 1.64. The maximum Gasteiger partial charge on any atom is 0.255 e. The first-order valence-corrected chi connectivity index (χ1v) is 8.84.